The number of hydrogen-bond donors (Lipinski definition) is 2. The molecule has 0 atom stereocenters. The summed E-state index contributed by atoms with van der Waals surface area (Å²) in [5.74, 6) is -0.930. The molecule has 1 aromatic rings. The Morgan fingerprint density at radius 2 is 1.84 bits per heavy atom. The monoisotopic (exact) mass is 282 g/mol. The number of benzene rings is 1. The van der Waals surface area contributed by atoms with E-state index >= 15 is 0 Å². The summed E-state index contributed by atoms with van der Waals surface area (Å²) in [6.45, 7) is 1.90. The van der Waals surface area contributed by atoms with Gasteiger partial charge in [-0.05, 0) is 24.6 Å². The van der Waals surface area contributed by atoms with Gasteiger partial charge in [-0.1, -0.05) is 13.3 Å². The molecule has 2 amide bonds. The van der Waals surface area contributed by atoms with E-state index in [1.165, 1.54) is 18.2 Å². The molecule has 2 N–H and O–H groups in total. The van der Waals surface area contributed by atoms with Crippen LogP contribution in [0.3, 0.4) is 0 Å². The predicted octanol–water partition coefficient (Wildman–Crippen LogP) is 1.11. The summed E-state index contributed by atoms with van der Waals surface area (Å²) in [6, 6.07) is 4.28. The molecule has 19 heavy (non-hydrogen) atoms. The molecular weight excluding hydrogens is 268 g/mol. The molecule has 0 saturated heterocycles. The number of anilines is 1. The second-order valence-electron chi connectivity index (χ2n) is 4.32. The second-order valence-corrected chi connectivity index (χ2v) is 6.16. The molecule has 7 heteroatoms. The van der Waals surface area contributed by atoms with Crippen molar-refractivity contribution in [2.24, 2.45) is 0 Å². The lowest BCUT2D eigenvalue weighted by Crippen LogP contribution is -2.20. The average Bonchev–Trinajstić information content (AvgIpc) is 2.62. The highest BCUT2D eigenvalue weighted by Gasteiger charge is 2.27. The van der Waals surface area contributed by atoms with E-state index in [1.807, 2.05) is 6.92 Å². The van der Waals surface area contributed by atoms with Gasteiger partial charge in [-0.25, -0.2) is 8.42 Å². The van der Waals surface area contributed by atoms with E-state index in [0.29, 0.717) is 12.1 Å². The first kappa shape index (κ1) is 13.5. The summed E-state index contributed by atoms with van der Waals surface area (Å²) >= 11 is 0. The highest BCUT2D eigenvalue weighted by Crippen LogP contribution is 2.21. The molecule has 2 rings (SSSR count). The number of carbonyl (C=O) groups is 2. The van der Waals surface area contributed by atoms with Crippen LogP contribution in [0.15, 0.2) is 18.2 Å². The van der Waals surface area contributed by atoms with Crippen molar-refractivity contribution in [2.45, 2.75) is 19.8 Å². The fourth-order valence-corrected chi connectivity index (χ4v) is 3.05. The molecule has 0 aliphatic carbocycles. The molecule has 0 spiro atoms. The van der Waals surface area contributed by atoms with E-state index < -0.39 is 21.8 Å². The van der Waals surface area contributed by atoms with Crippen LogP contribution in [-0.4, -0.2) is 26.0 Å². The fraction of sp³-hybridized carbons (Fsp3) is 0.333. The standard InChI is InChI=1S/C12H14N2O4S/c1-2-3-6-19(17,18)14-8-4-5-9-10(7-8)12(16)13-11(9)15/h4-5,7,14H,2-3,6H2,1H3,(H,13,15,16). The maximum absolute atomic E-state index is 11.7. The van der Waals surface area contributed by atoms with E-state index in [2.05, 4.69) is 10.0 Å². The lowest BCUT2D eigenvalue weighted by atomic mass is 10.1. The number of rotatable bonds is 5. The molecule has 0 aromatic heterocycles. The van der Waals surface area contributed by atoms with Crippen LogP contribution in [0, 0.1) is 0 Å². The lowest BCUT2D eigenvalue weighted by molar-refractivity contribution is 0.0879. The number of nitrogens with one attached hydrogen (secondary N) is 2. The zero-order valence-electron chi connectivity index (χ0n) is 10.4. The minimum absolute atomic E-state index is 0.0334. The van der Waals surface area contributed by atoms with Gasteiger partial charge < -0.3 is 0 Å². The Labute approximate surface area is 111 Å². The Morgan fingerprint density at radius 3 is 2.53 bits per heavy atom. The van der Waals surface area contributed by atoms with Gasteiger partial charge in [-0.15, -0.1) is 0 Å². The Kier molecular flexibility index (Phi) is 3.57. The third-order valence-electron chi connectivity index (χ3n) is 2.78. The van der Waals surface area contributed by atoms with E-state index in [-0.39, 0.29) is 16.9 Å². The third kappa shape index (κ3) is 2.93. The van der Waals surface area contributed by atoms with Gasteiger partial charge in [0.1, 0.15) is 0 Å². The number of imide groups is 1. The van der Waals surface area contributed by atoms with E-state index in [9.17, 15) is 18.0 Å². The molecule has 1 aliphatic rings. The molecular formula is C12H14N2O4S. The first-order valence-corrected chi connectivity index (χ1v) is 7.58. The minimum Gasteiger partial charge on any atom is -0.288 e. The van der Waals surface area contributed by atoms with Crippen LogP contribution in [0.4, 0.5) is 5.69 Å². The second kappa shape index (κ2) is 5.00. The van der Waals surface area contributed by atoms with Gasteiger partial charge in [0.2, 0.25) is 10.0 Å². The molecule has 0 bridgehead atoms. The largest absolute Gasteiger partial charge is 0.288 e. The van der Waals surface area contributed by atoms with Crippen molar-refractivity contribution in [2.75, 3.05) is 10.5 Å². The first-order valence-electron chi connectivity index (χ1n) is 5.93. The summed E-state index contributed by atoms with van der Waals surface area (Å²) in [5, 5.41) is 2.15. The summed E-state index contributed by atoms with van der Waals surface area (Å²) in [4.78, 5) is 22.8. The molecule has 1 heterocycles. The van der Waals surface area contributed by atoms with Gasteiger partial charge >= 0.3 is 0 Å². The van der Waals surface area contributed by atoms with Crippen LogP contribution in [-0.2, 0) is 10.0 Å². The third-order valence-corrected chi connectivity index (χ3v) is 4.15. The molecule has 0 fully saturated rings. The Hall–Kier alpha value is -1.89. The normalized spacial score (nSPS) is 14.2. The zero-order chi connectivity index (χ0) is 14.0. The molecule has 0 radical (unpaired) electrons. The summed E-state index contributed by atoms with van der Waals surface area (Å²) in [7, 11) is -3.41. The number of amides is 2. The van der Waals surface area contributed by atoms with Crippen molar-refractivity contribution in [3.63, 3.8) is 0 Å². The maximum atomic E-state index is 11.7. The van der Waals surface area contributed by atoms with Crippen LogP contribution >= 0.6 is 0 Å². The van der Waals surface area contributed by atoms with Crippen LogP contribution in [0.25, 0.3) is 0 Å². The Morgan fingerprint density at radius 1 is 1.16 bits per heavy atom. The van der Waals surface area contributed by atoms with Crippen molar-refractivity contribution in [3.8, 4) is 0 Å². The van der Waals surface area contributed by atoms with Crippen LogP contribution < -0.4 is 10.0 Å². The molecule has 1 aromatic carbocycles. The SMILES string of the molecule is CCCCS(=O)(=O)Nc1ccc2c(c1)C(=O)NC2=O. The van der Waals surface area contributed by atoms with Gasteiger partial charge in [-0.2, -0.15) is 0 Å². The summed E-state index contributed by atoms with van der Waals surface area (Å²) in [5.41, 5.74) is 0.752. The Balaban J connectivity index is 2.22. The smallest absolute Gasteiger partial charge is 0.259 e. The molecule has 0 saturated carbocycles. The van der Waals surface area contributed by atoms with Gasteiger partial charge in [-0.3, -0.25) is 19.6 Å². The molecule has 0 unspecified atom stereocenters. The van der Waals surface area contributed by atoms with Crippen molar-refractivity contribution in [1.82, 2.24) is 5.32 Å². The summed E-state index contributed by atoms with van der Waals surface area (Å²) < 4.78 is 25.9. The number of sulfonamides is 1. The molecule has 102 valence electrons. The van der Waals surface area contributed by atoms with Crippen LogP contribution in [0.2, 0.25) is 0 Å². The zero-order valence-corrected chi connectivity index (χ0v) is 11.2. The van der Waals surface area contributed by atoms with Gasteiger partial charge in [0.05, 0.1) is 16.9 Å². The van der Waals surface area contributed by atoms with Crippen molar-refractivity contribution < 1.29 is 18.0 Å². The van der Waals surface area contributed by atoms with E-state index in [1.54, 1.807) is 0 Å². The van der Waals surface area contributed by atoms with Crippen molar-refractivity contribution in [1.29, 1.82) is 0 Å². The quantitative estimate of drug-likeness (QED) is 0.791. The highest BCUT2D eigenvalue weighted by molar-refractivity contribution is 7.92. The van der Waals surface area contributed by atoms with Crippen LogP contribution in [0.1, 0.15) is 40.5 Å². The van der Waals surface area contributed by atoms with E-state index in [0.717, 1.165) is 6.42 Å². The number of hydrogen-bond acceptors (Lipinski definition) is 4. The molecule has 1 aliphatic heterocycles. The fourth-order valence-electron chi connectivity index (χ4n) is 1.80. The van der Waals surface area contributed by atoms with Crippen LogP contribution in [0.5, 0.6) is 0 Å². The Bertz CT molecular complexity index is 637. The number of carbonyl (C=O) groups excluding carboxylic acids is 2. The first-order chi connectivity index (χ1) is 8.93. The van der Waals surface area contributed by atoms with Gasteiger partial charge in [0.25, 0.3) is 11.8 Å². The summed E-state index contributed by atoms with van der Waals surface area (Å²) in [6.07, 6.45) is 1.35. The lowest BCUT2D eigenvalue weighted by Gasteiger charge is -2.08. The van der Waals surface area contributed by atoms with Gasteiger partial charge in [0.15, 0.2) is 0 Å². The average molecular weight is 282 g/mol. The molecule has 6 nitrogen and oxygen atoms in total. The topological polar surface area (TPSA) is 92.3 Å². The number of fused-ring (bicyclic) bond motifs is 1. The predicted molar refractivity (Wildman–Crippen MR) is 70.6 cm³/mol. The highest BCUT2D eigenvalue weighted by atomic mass is 32.2. The maximum Gasteiger partial charge on any atom is 0.259 e. The van der Waals surface area contributed by atoms with Gasteiger partial charge in [0, 0.05) is 5.69 Å². The van der Waals surface area contributed by atoms with Crippen molar-refractivity contribution >= 4 is 27.5 Å². The minimum atomic E-state index is -3.41. The van der Waals surface area contributed by atoms with E-state index in [4.69, 9.17) is 0 Å². The van der Waals surface area contributed by atoms with Crippen molar-refractivity contribution in [3.05, 3.63) is 29.3 Å². The number of unbranched alkanes of at least 4 members (excludes halogenated alkanes) is 1.